The number of carbonyl (C=O) groups excluding carboxylic acids is 1. The molecule has 0 saturated carbocycles. The van der Waals surface area contributed by atoms with Gasteiger partial charge in [0.25, 0.3) is 0 Å². The molecule has 0 bridgehead atoms. The first kappa shape index (κ1) is 15.6. The van der Waals surface area contributed by atoms with Crippen LogP contribution in [-0.4, -0.2) is 60.0 Å². The van der Waals surface area contributed by atoms with Crippen molar-refractivity contribution in [1.29, 1.82) is 0 Å². The number of nitrogens with zero attached hydrogens (tertiary/aromatic N) is 3. The molecule has 5 nitrogen and oxygen atoms in total. The number of hydrogen-bond acceptors (Lipinski definition) is 6. The zero-order chi connectivity index (χ0) is 14.4. The number of aromatic nitrogens is 1. The van der Waals surface area contributed by atoms with Gasteiger partial charge in [-0.1, -0.05) is 0 Å². The van der Waals surface area contributed by atoms with Gasteiger partial charge in [0.1, 0.15) is 0 Å². The van der Waals surface area contributed by atoms with Crippen molar-refractivity contribution >= 4 is 34.1 Å². The summed E-state index contributed by atoms with van der Waals surface area (Å²) in [4.78, 5) is 20.8. The SMILES string of the molecule is CSCC[C@H](N)C(=O)N1CCCN(c2nccs2)CC1. The van der Waals surface area contributed by atoms with Crippen molar-refractivity contribution in [3.8, 4) is 0 Å². The minimum absolute atomic E-state index is 0.0973. The fourth-order valence-electron chi connectivity index (χ4n) is 2.30. The Kier molecular flexibility index (Phi) is 6.12. The Morgan fingerprint density at radius 3 is 3.05 bits per heavy atom. The minimum atomic E-state index is -0.353. The predicted octanol–water partition coefficient (Wildman–Crippen LogP) is 1.26. The summed E-state index contributed by atoms with van der Waals surface area (Å²) in [6, 6.07) is -0.353. The standard InChI is InChI=1S/C13H22N4OS2/c1-19-9-3-11(14)12(18)16-5-2-6-17(8-7-16)13-15-4-10-20-13/h4,10-11H,2-3,5-9,14H2,1H3/t11-/m0/s1. The third-order valence-electron chi connectivity index (χ3n) is 3.45. The van der Waals surface area contributed by atoms with Crippen LogP contribution in [0.1, 0.15) is 12.8 Å². The quantitative estimate of drug-likeness (QED) is 0.886. The number of amides is 1. The Balaban J connectivity index is 1.87. The molecule has 1 aliphatic rings. The molecule has 1 amide bonds. The lowest BCUT2D eigenvalue weighted by molar-refractivity contribution is -0.132. The van der Waals surface area contributed by atoms with Crippen molar-refractivity contribution in [1.82, 2.24) is 9.88 Å². The maximum Gasteiger partial charge on any atom is 0.239 e. The van der Waals surface area contributed by atoms with Crippen molar-refractivity contribution in [3.05, 3.63) is 11.6 Å². The highest BCUT2D eigenvalue weighted by Gasteiger charge is 2.24. The molecule has 1 fully saturated rings. The van der Waals surface area contributed by atoms with Crippen molar-refractivity contribution in [3.63, 3.8) is 0 Å². The highest BCUT2D eigenvalue weighted by Crippen LogP contribution is 2.19. The second kappa shape index (κ2) is 7.85. The Morgan fingerprint density at radius 1 is 1.50 bits per heavy atom. The summed E-state index contributed by atoms with van der Waals surface area (Å²) >= 11 is 3.38. The molecule has 7 heteroatoms. The zero-order valence-electron chi connectivity index (χ0n) is 11.8. The van der Waals surface area contributed by atoms with Gasteiger partial charge in [-0.15, -0.1) is 11.3 Å². The van der Waals surface area contributed by atoms with E-state index in [1.54, 1.807) is 23.1 Å². The number of thiazole rings is 1. The van der Waals surface area contributed by atoms with Crippen molar-refractivity contribution in [2.45, 2.75) is 18.9 Å². The molecule has 112 valence electrons. The first-order valence-electron chi connectivity index (χ1n) is 6.90. The lowest BCUT2D eigenvalue weighted by atomic mass is 10.2. The monoisotopic (exact) mass is 314 g/mol. The zero-order valence-corrected chi connectivity index (χ0v) is 13.5. The van der Waals surface area contributed by atoms with Gasteiger partial charge in [-0.05, 0) is 24.9 Å². The highest BCUT2D eigenvalue weighted by molar-refractivity contribution is 7.98. The third kappa shape index (κ3) is 4.10. The second-order valence-electron chi connectivity index (χ2n) is 4.87. The van der Waals surface area contributed by atoms with Gasteiger partial charge in [-0.2, -0.15) is 11.8 Å². The van der Waals surface area contributed by atoms with Gasteiger partial charge < -0.3 is 15.5 Å². The summed E-state index contributed by atoms with van der Waals surface area (Å²) in [7, 11) is 0. The third-order valence-corrected chi connectivity index (χ3v) is 4.92. The molecule has 0 radical (unpaired) electrons. The maximum atomic E-state index is 12.3. The van der Waals surface area contributed by atoms with E-state index in [1.807, 2.05) is 22.7 Å². The van der Waals surface area contributed by atoms with Gasteiger partial charge in [0.2, 0.25) is 5.91 Å². The van der Waals surface area contributed by atoms with Gasteiger partial charge in [-0.25, -0.2) is 4.98 Å². The highest BCUT2D eigenvalue weighted by atomic mass is 32.2. The van der Waals surface area contributed by atoms with Gasteiger partial charge in [-0.3, -0.25) is 4.79 Å². The molecule has 1 atom stereocenters. The molecular formula is C13H22N4OS2. The lowest BCUT2D eigenvalue weighted by Crippen LogP contribution is -2.45. The Labute approximate surface area is 128 Å². The average Bonchev–Trinajstić information content (AvgIpc) is 2.88. The molecule has 1 aliphatic heterocycles. The Bertz CT molecular complexity index is 413. The lowest BCUT2D eigenvalue weighted by Gasteiger charge is -2.24. The molecule has 0 aromatic carbocycles. The first-order valence-corrected chi connectivity index (χ1v) is 9.17. The van der Waals surface area contributed by atoms with Crippen LogP contribution in [0.3, 0.4) is 0 Å². The molecule has 0 unspecified atom stereocenters. The molecule has 0 spiro atoms. The van der Waals surface area contributed by atoms with Gasteiger partial charge in [0.05, 0.1) is 6.04 Å². The van der Waals surface area contributed by atoms with Crippen LogP contribution < -0.4 is 10.6 Å². The maximum absolute atomic E-state index is 12.3. The van der Waals surface area contributed by atoms with Crippen LogP contribution in [0.5, 0.6) is 0 Å². The molecule has 1 saturated heterocycles. The molecule has 1 aromatic rings. The van der Waals surface area contributed by atoms with Gasteiger partial charge in [0, 0.05) is 37.8 Å². The number of hydrogen-bond donors (Lipinski definition) is 1. The van der Waals surface area contributed by atoms with Crippen LogP contribution in [0.2, 0.25) is 0 Å². The molecule has 20 heavy (non-hydrogen) atoms. The van der Waals surface area contributed by atoms with Gasteiger partial charge >= 0.3 is 0 Å². The molecule has 2 N–H and O–H groups in total. The van der Waals surface area contributed by atoms with Crippen molar-refractivity contribution < 1.29 is 4.79 Å². The van der Waals surface area contributed by atoms with Crippen LogP contribution in [0.4, 0.5) is 5.13 Å². The van der Waals surface area contributed by atoms with Crippen LogP contribution in [-0.2, 0) is 4.79 Å². The number of anilines is 1. The molecule has 1 aromatic heterocycles. The van der Waals surface area contributed by atoms with Crippen LogP contribution in [0.15, 0.2) is 11.6 Å². The van der Waals surface area contributed by atoms with Crippen LogP contribution in [0.25, 0.3) is 0 Å². The van der Waals surface area contributed by atoms with E-state index < -0.39 is 0 Å². The first-order chi connectivity index (χ1) is 9.72. The fourth-order valence-corrected chi connectivity index (χ4v) is 3.49. The summed E-state index contributed by atoms with van der Waals surface area (Å²) < 4.78 is 0. The molecule has 2 heterocycles. The average molecular weight is 314 g/mol. The van der Waals surface area contributed by atoms with Crippen molar-refractivity contribution in [2.24, 2.45) is 5.73 Å². The summed E-state index contributed by atoms with van der Waals surface area (Å²) in [5, 5.41) is 3.03. The number of nitrogens with two attached hydrogens (primary N) is 1. The molecule has 2 rings (SSSR count). The summed E-state index contributed by atoms with van der Waals surface area (Å²) in [6.07, 6.45) is 5.59. The topological polar surface area (TPSA) is 62.5 Å². The number of rotatable bonds is 5. The molecule has 0 aliphatic carbocycles. The van der Waals surface area contributed by atoms with Crippen molar-refractivity contribution in [2.75, 3.05) is 43.1 Å². The second-order valence-corrected chi connectivity index (χ2v) is 6.73. The normalized spacial score (nSPS) is 17.9. The molecular weight excluding hydrogens is 292 g/mol. The fraction of sp³-hybridized carbons (Fsp3) is 0.692. The van der Waals surface area contributed by atoms with E-state index in [9.17, 15) is 4.79 Å². The van der Waals surface area contributed by atoms with E-state index in [4.69, 9.17) is 5.73 Å². The van der Waals surface area contributed by atoms with E-state index in [0.29, 0.717) is 0 Å². The van der Waals surface area contributed by atoms with Crippen LogP contribution >= 0.6 is 23.1 Å². The predicted molar refractivity (Wildman–Crippen MR) is 86.5 cm³/mol. The smallest absolute Gasteiger partial charge is 0.239 e. The Morgan fingerprint density at radius 2 is 2.35 bits per heavy atom. The Hall–Kier alpha value is -0.790. The summed E-state index contributed by atoms with van der Waals surface area (Å²) in [6.45, 7) is 3.34. The number of carbonyl (C=O) groups is 1. The number of thioether (sulfide) groups is 1. The van der Waals surface area contributed by atoms with E-state index in [2.05, 4.69) is 9.88 Å². The van der Waals surface area contributed by atoms with E-state index >= 15 is 0 Å². The van der Waals surface area contributed by atoms with E-state index in [-0.39, 0.29) is 11.9 Å². The summed E-state index contributed by atoms with van der Waals surface area (Å²) in [5.41, 5.74) is 5.99. The van der Waals surface area contributed by atoms with Gasteiger partial charge in [0.15, 0.2) is 5.13 Å². The largest absolute Gasteiger partial charge is 0.346 e. The van der Waals surface area contributed by atoms with E-state index in [1.165, 1.54) is 0 Å². The van der Waals surface area contributed by atoms with Crippen LogP contribution in [0, 0.1) is 0 Å². The van der Waals surface area contributed by atoms with E-state index in [0.717, 1.165) is 49.9 Å². The minimum Gasteiger partial charge on any atom is -0.346 e. The summed E-state index contributed by atoms with van der Waals surface area (Å²) in [5.74, 6) is 1.03.